The Balaban J connectivity index is 2.20. The van der Waals surface area contributed by atoms with Crippen molar-refractivity contribution in [3.63, 3.8) is 0 Å². The fraction of sp³-hybridized carbons (Fsp3) is 0.0714. The first-order valence-electron chi connectivity index (χ1n) is 5.74. The molecule has 0 spiro atoms. The average Bonchev–Trinajstić information content (AvgIpc) is 2.37. The smallest absolute Gasteiger partial charge is 0.150 e. The average molecular weight is 357 g/mol. The molecule has 2 rings (SSSR count). The molecule has 3 N–H and O–H groups in total. The van der Waals surface area contributed by atoms with Gasteiger partial charge in [0.25, 0.3) is 0 Å². The van der Waals surface area contributed by atoms with Crippen LogP contribution in [0.3, 0.4) is 0 Å². The molecular formula is C14H11BrF2N2S. The Morgan fingerprint density at radius 1 is 1.20 bits per heavy atom. The SMILES string of the molecule is NC(=S)c1cc(F)c(NCc2cccc(Br)c2)c(F)c1. The number of benzene rings is 2. The second kappa shape index (κ2) is 6.28. The summed E-state index contributed by atoms with van der Waals surface area (Å²) in [6.07, 6.45) is 0. The number of thiocarbonyl (C=S) groups is 1. The summed E-state index contributed by atoms with van der Waals surface area (Å²) in [7, 11) is 0. The lowest BCUT2D eigenvalue weighted by atomic mass is 10.1. The van der Waals surface area contributed by atoms with Crippen LogP contribution in [0, 0.1) is 11.6 Å². The molecule has 0 aliphatic heterocycles. The molecule has 0 aliphatic rings. The van der Waals surface area contributed by atoms with Crippen LogP contribution in [0.2, 0.25) is 0 Å². The summed E-state index contributed by atoms with van der Waals surface area (Å²) in [6, 6.07) is 9.69. The molecule has 0 heterocycles. The van der Waals surface area contributed by atoms with Gasteiger partial charge in [0.05, 0.1) is 0 Å². The minimum atomic E-state index is -0.720. The van der Waals surface area contributed by atoms with E-state index in [1.54, 1.807) is 0 Å². The Morgan fingerprint density at radius 3 is 2.40 bits per heavy atom. The van der Waals surface area contributed by atoms with E-state index in [2.05, 4.69) is 21.2 Å². The van der Waals surface area contributed by atoms with Gasteiger partial charge in [-0.05, 0) is 29.8 Å². The van der Waals surface area contributed by atoms with Crippen LogP contribution in [-0.4, -0.2) is 4.99 Å². The van der Waals surface area contributed by atoms with Crippen LogP contribution >= 0.6 is 28.1 Å². The summed E-state index contributed by atoms with van der Waals surface area (Å²) >= 11 is 8.04. The van der Waals surface area contributed by atoms with E-state index in [0.717, 1.165) is 22.2 Å². The van der Waals surface area contributed by atoms with Gasteiger partial charge in [0.1, 0.15) is 22.3 Å². The van der Waals surface area contributed by atoms with E-state index in [1.165, 1.54) is 0 Å². The molecule has 0 saturated carbocycles. The Morgan fingerprint density at radius 2 is 1.85 bits per heavy atom. The topological polar surface area (TPSA) is 38.0 Å². The molecule has 2 aromatic rings. The van der Waals surface area contributed by atoms with Crippen LogP contribution in [0.15, 0.2) is 40.9 Å². The van der Waals surface area contributed by atoms with Crippen molar-refractivity contribution >= 4 is 38.8 Å². The summed E-state index contributed by atoms with van der Waals surface area (Å²) in [5, 5.41) is 2.74. The number of rotatable bonds is 4. The number of hydrogen-bond donors (Lipinski definition) is 2. The maximum absolute atomic E-state index is 13.8. The Kier molecular flexibility index (Phi) is 4.67. The predicted octanol–water partition coefficient (Wildman–Crippen LogP) is 3.97. The minimum Gasteiger partial charge on any atom is -0.389 e. The Hall–Kier alpha value is -1.53. The highest BCUT2D eigenvalue weighted by Crippen LogP contribution is 2.22. The molecule has 0 radical (unpaired) electrons. The van der Waals surface area contributed by atoms with E-state index in [4.69, 9.17) is 18.0 Å². The zero-order valence-corrected chi connectivity index (χ0v) is 12.7. The summed E-state index contributed by atoms with van der Waals surface area (Å²) in [5.74, 6) is -1.44. The van der Waals surface area contributed by atoms with Gasteiger partial charge in [-0.1, -0.05) is 40.3 Å². The third kappa shape index (κ3) is 3.52. The van der Waals surface area contributed by atoms with Crippen LogP contribution < -0.4 is 11.1 Å². The van der Waals surface area contributed by atoms with Gasteiger partial charge in [0.2, 0.25) is 0 Å². The molecule has 2 nitrogen and oxygen atoms in total. The fourth-order valence-electron chi connectivity index (χ4n) is 1.72. The maximum atomic E-state index is 13.8. The molecule has 0 aromatic heterocycles. The fourth-order valence-corrected chi connectivity index (χ4v) is 2.29. The molecule has 0 unspecified atom stereocenters. The number of nitrogens with two attached hydrogens (primary N) is 1. The van der Waals surface area contributed by atoms with Crippen LogP contribution in [0.4, 0.5) is 14.5 Å². The van der Waals surface area contributed by atoms with E-state index >= 15 is 0 Å². The van der Waals surface area contributed by atoms with Crippen molar-refractivity contribution in [2.45, 2.75) is 6.54 Å². The molecule has 0 amide bonds. The summed E-state index contributed by atoms with van der Waals surface area (Å²) < 4.78 is 28.6. The van der Waals surface area contributed by atoms with E-state index in [9.17, 15) is 8.78 Å². The monoisotopic (exact) mass is 356 g/mol. The number of halogens is 3. The van der Waals surface area contributed by atoms with Gasteiger partial charge in [0, 0.05) is 16.6 Å². The van der Waals surface area contributed by atoms with Crippen molar-refractivity contribution in [1.82, 2.24) is 0 Å². The second-order valence-corrected chi connectivity index (χ2v) is 5.52. The van der Waals surface area contributed by atoms with Crippen LogP contribution in [-0.2, 0) is 6.54 Å². The standard InChI is InChI=1S/C14H11BrF2N2S/c15-10-3-1-2-8(4-10)7-19-13-11(16)5-9(14(18)20)6-12(13)17/h1-6,19H,7H2,(H2,18,20). The van der Waals surface area contributed by atoms with Crippen molar-refractivity contribution in [2.75, 3.05) is 5.32 Å². The quantitative estimate of drug-likeness (QED) is 0.814. The lowest BCUT2D eigenvalue weighted by Crippen LogP contribution is -2.12. The van der Waals surface area contributed by atoms with E-state index in [-0.39, 0.29) is 16.2 Å². The molecule has 104 valence electrons. The van der Waals surface area contributed by atoms with Gasteiger partial charge in [-0.15, -0.1) is 0 Å². The summed E-state index contributed by atoms with van der Waals surface area (Å²) in [4.78, 5) is -0.0404. The number of nitrogens with one attached hydrogen (secondary N) is 1. The molecule has 6 heteroatoms. The van der Waals surface area contributed by atoms with Crippen molar-refractivity contribution in [3.05, 3.63) is 63.6 Å². The first kappa shape index (κ1) is 14.9. The lowest BCUT2D eigenvalue weighted by molar-refractivity contribution is 0.587. The largest absolute Gasteiger partial charge is 0.389 e. The maximum Gasteiger partial charge on any atom is 0.150 e. The molecule has 0 bridgehead atoms. The normalized spacial score (nSPS) is 10.3. The number of anilines is 1. The molecule has 20 heavy (non-hydrogen) atoms. The zero-order valence-electron chi connectivity index (χ0n) is 10.3. The van der Waals surface area contributed by atoms with E-state index in [1.807, 2.05) is 24.3 Å². The van der Waals surface area contributed by atoms with Crippen molar-refractivity contribution in [2.24, 2.45) is 5.73 Å². The zero-order chi connectivity index (χ0) is 14.7. The van der Waals surface area contributed by atoms with Crippen molar-refractivity contribution < 1.29 is 8.78 Å². The van der Waals surface area contributed by atoms with Crippen LogP contribution in [0.1, 0.15) is 11.1 Å². The molecule has 0 saturated heterocycles. The third-order valence-corrected chi connectivity index (χ3v) is 3.41. The first-order chi connectivity index (χ1) is 9.47. The highest BCUT2D eigenvalue weighted by molar-refractivity contribution is 9.10. The third-order valence-electron chi connectivity index (χ3n) is 2.68. The first-order valence-corrected chi connectivity index (χ1v) is 6.94. The van der Waals surface area contributed by atoms with Crippen LogP contribution in [0.5, 0.6) is 0 Å². The van der Waals surface area contributed by atoms with Crippen molar-refractivity contribution in [3.8, 4) is 0 Å². The van der Waals surface area contributed by atoms with Gasteiger partial charge >= 0.3 is 0 Å². The highest BCUT2D eigenvalue weighted by Gasteiger charge is 2.12. The Bertz CT molecular complexity index is 638. The lowest BCUT2D eigenvalue weighted by Gasteiger charge is -2.10. The molecule has 0 aliphatic carbocycles. The Labute approximate surface area is 129 Å². The molecule has 0 atom stereocenters. The molecule has 2 aromatic carbocycles. The predicted molar refractivity (Wildman–Crippen MR) is 83.7 cm³/mol. The summed E-state index contributed by atoms with van der Waals surface area (Å²) in [6.45, 7) is 0.305. The van der Waals surface area contributed by atoms with Gasteiger partial charge in [-0.2, -0.15) is 0 Å². The van der Waals surface area contributed by atoms with Gasteiger partial charge in [-0.3, -0.25) is 0 Å². The van der Waals surface area contributed by atoms with E-state index < -0.39 is 11.6 Å². The minimum absolute atomic E-state index is 0.0404. The second-order valence-electron chi connectivity index (χ2n) is 4.16. The van der Waals surface area contributed by atoms with Gasteiger partial charge < -0.3 is 11.1 Å². The van der Waals surface area contributed by atoms with Gasteiger partial charge in [0.15, 0.2) is 0 Å². The highest BCUT2D eigenvalue weighted by atomic mass is 79.9. The number of hydrogen-bond acceptors (Lipinski definition) is 2. The summed E-state index contributed by atoms with van der Waals surface area (Å²) in [5.41, 5.74) is 6.23. The van der Waals surface area contributed by atoms with E-state index in [0.29, 0.717) is 6.54 Å². The molecular weight excluding hydrogens is 346 g/mol. The van der Waals surface area contributed by atoms with Gasteiger partial charge in [-0.25, -0.2) is 8.78 Å². The van der Waals surface area contributed by atoms with Crippen LogP contribution in [0.25, 0.3) is 0 Å². The molecule has 0 fully saturated rings. The van der Waals surface area contributed by atoms with Crippen molar-refractivity contribution in [1.29, 1.82) is 0 Å².